The first kappa shape index (κ1) is 33.8. The van der Waals surface area contributed by atoms with Crippen LogP contribution in [0.3, 0.4) is 0 Å². The summed E-state index contributed by atoms with van der Waals surface area (Å²) < 4.78 is 11.1. The van der Waals surface area contributed by atoms with E-state index in [4.69, 9.17) is 19.5 Å². The standard InChI is InChI=1S/C46H36N2O4/c1-31(41-15-7-11-35-9-3-5-13-43(35)41)47-29-33-17-25-39(26-18-33)51-45(49)37-21-23-38(24-22-37)46(50)52-40-27-19-34(20-28-40)30-48-32(2)42-16-8-12-36-10-4-6-14-44(36)42/h3-32H,1-2H3. The predicted molar refractivity (Wildman–Crippen MR) is 209 cm³/mol. The van der Waals surface area contributed by atoms with Crippen molar-refractivity contribution in [2.45, 2.75) is 25.9 Å². The van der Waals surface area contributed by atoms with Crippen molar-refractivity contribution in [1.29, 1.82) is 0 Å². The number of carbonyl (C=O) groups excluding carboxylic acids is 2. The van der Waals surface area contributed by atoms with Gasteiger partial charge in [-0.3, -0.25) is 9.98 Å². The molecule has 0 bridgehead atoms. The van der Waals surface area contributed by atoms with E-state index < -0.39 is 11.9 Å². The molecule has 7 aromatic carbocycles. The maximum atomic E-state index is 12.8. The summed E-state index contributed by atoms with van der Waals surface area (Å²) in [6.45, 7) is 4.14. The van der Waals surface area contributed by atoms with Gasteiger partial charge in [0.2, 0.25) is 0 Å². The first-order valence-corrected chi connectivity index (χ1v) is 17.2. The van der Waals surface area contributed by atoms with Gasteiger partial charge in [0.1, 0.15) is 11.5 Å². The summed E-state index contributed by atoms with van der Waals surface area (Å²) >= 11 is 0. The van der Waals surface area contributed by atoms with E-state index in [1.165, 1.54) is 21.5 Å². The van der Waals surface area contributed by atoms with E-state index in [0.29, 0.717) is 22.6 Å². The van der Waals surface area contributed by atoms with Crippen molar-refractivity contribution in [3.63, 3.8) is 0 Å². The minimum atomic E-state index is -0.530. The third kappa shape index (κ3) is 7.87. The molecule has 0 aliphatic heterocycles. The van der Waals surface area contributed by atoms with Crippen LogP contribution < -0.4 is 9.47 Å². The monoisotopic (exact) mass is 680 g/mol. The third-order valence-electron chi connectivity index (χ3n) is 8.98. The Bertz CT molecular complexity index is 2230. The van der Waals surface area contributed by atoms with Crippen LogP contribution in [0.5, 0.6) is 11.5 Å². The first-order valence-electron chi connectivity index (χ1n) is 17.2. The summed E-state index contributed by atoms with van der Waals surface area (Å²) in [4.78, 5) is 35.2. The van der Waals surface area contributed by atoms with Gasteiger partial charge in [0, 0.05) is 12.4 Å². The molecule has 52 heavy (non-hydrogen) atoms. The number of fused-ring (bicyclic) bond motifs is 2. The van der Waals surface area contributed by atoms with Crippen molar-refractivity contribution in [1.82, 2.24) is 0 Å². The molecule has 2 unspecified atom stereocenters. The molecule has 7 aromatic rings. The normalized spacial score (nSPS) is 12.7. The van der Waals surface area contributed by atoms with Crippen LogP contribution in [0.4, 0.5) is 0 Å². The number of hydrogen-bond acceptors (Lipinski definition) is 6. The molecule has 0 radical (unpaired) electrons. The molecule has 0 saturated heterocycles. The molecule has 0 aliphatic carbocycles. The zero-order valence-electron chi connectivity index (χ0n) is 28.8. The van der Waals surface area contributed by atoms with E-state index in [1.807, 2.05) is 61.0 Å². The lowest BCUT2D eigenvalue weighted by molar-refractivity contribution is 0.0720. The molecule has 0 amide bonds. The number of rotatable bonds is 10. The molecule has 6 nitrogen and oxygen atoms in total. The van der Waals surface area contributed by atoms with Crippen molar-refractivity contribution in [3.05, 3.63) is 191 Å². The summed E-state index contributed by atoms with van der Waals surface area (Å²) in [5.41, 5.74) is 4.74. The van der Waals surface area contributed by atoms with Gasteiger partial charge in [0.05, 0.1) is 23.2 Å². The van der Waals surface area contributed by atoms with Crippen LogP contribution in [0.2, 0.25) is 0 Å². The number of ether oxygens (including phenoxy) is 2. The van der Waals surface area contributed by atoms with Gasteiger partial charge in [0.25, 0.3) is 0 Å². The van der Waals surface area contributed by atoms with E-state index >= 15 is 0 Å². The molecule has 2 atom stereocenters. The number of hydrogen-bond donors (Lipinski definition) is 0. The second kappa shape index (κ2) is 15.5. The fourth-order valence-electron chi connectivity index (χ4n) is 6.10. The molecule has 254 valence electrons. The van der Waals surface area contributed by atoms with Crippen molar-refractivity contribution in [2.75, 3.05) is 0 Å². The number of benzene rings is 7. The van der Waals surface area contributed by atoms with Gasteiger partial charge in [-0.2, -0.15) is 0 Å². The fourth-order valence-corrected chi connectivity index (χ4v) is 6.10. The molecule has 0 heterocycles. The van der Waals surface area contributed by atoms with Crippen LogP contribution >= 0.6 is 0 Å². The smallest absolute Gasteiger partial charge is 0.343 e. The highest BCUT2D eigenvalue weighted by Crippen LogP contribution is 2.28. The van der Waals surface area contributed by atoms with Gasteiger partial charge < -0.3 is 9.47 Å². The summed E-state index contributed by atoms with van der Waals surface area (Å²) in [5, 5.41) is 4.76. The maximum absolute atomic E-state index is 12.8. The Balaban J connectivity index is 0.911. The van der Waals surface area contributed by atoms with E-state index in [-0.39, 0.29) is 12.1 Å². The van der Waals surface area contributed by atoms with E-state index in [0.717, 1.165) is 22.3 Å². The average Bonchev–Trinajstić information content (AvgIpc) is 3.19. The van der Waals surface area contributed by atoms with Crippen LogP contribution in [-0.2, 0) is 0 Å². The summed E-state index contributed by atoms with van der Waals surface area (Å²) in [7, 11) is 0. The predicted octanol–water partition coefficient (Wildman–Crippen LogP) is 10.8. The highest BCUT2D eigenvalue weighted by Gasteiger charge is 2.14. The van der Waals surface area contributed by atoms with Gasteiger partial charge in [0.15, 0.2) is 0 Å². The minimum Gasteiger partial charge on any atom is -0.423 e. The zero-order chi connectivity index (χ0) is 35.9. The van der Waals surface area contributed by atoms with Gasteiger partial charge in [-0.1, -0.05) is 84.9 Å². The Morgan fingerprint density at radius 2 is 0.827 bits per heavy atom. The molecule has 0 fully saturated rings. The SMILES string of the molecule is CC(N=Cc1ccc(OC(=O)c2ccc(C(=O)Oc3ccc(C=NC(C)c4cccc5ccccc45)cc3)cc2)cc1)c1cccc2ccccc12. The second-order valence-corrected chi connectivity index (χ2v) is 12.5. The van der Waals surface area contributed by atoms with E-state index in [9.17, 15) is 9.59 Å². The minimum absolute atomic E-state index is 0.0225. The van der Waals surface area contributed by atoms with Crippen LogP contribution in [-0.4, -0.2) is 24.4 Å². The van der Waals surface area contributed by atoms with Crippen molar-refractivity contribution < 1.29 is 19.1 Å². The van der Waals surface area contributed by atoms with Crippen LogP contribution in [0.25, 0.3) is 21.5 Å². The average molecular weight is 681 g/mol. The fraction of sp³-hybridized carbons (Fsp3) is 0.0870. The number of aliphatic imine (C=N–C) groups is 2. The van der Waals surface area contributed by atoms with Gasteiger partial charge in [-0.05, 0) is 130 Å². The molecular weight excluding hydrogens is 645 g/mol. The number of carbonyl (C=O) groups is 2. The van der Waals surface area contributed by atoms with Gasteiger partial charge in [-0.15, -0.1) is 0 Å². The quantitative estimate of drug-likeness (QED) is 0.0818. The largest absolute Gasteiger partial charge is 0.423 e. The van der Waals surface area contributed by atoms with E-state index in [1.54, 1.807) is 48.5 Å². The molecule has 0 aromatic heterocycles. The summed E-state index contributed by atoms with van der Waals surface area (Å²) in [6, 6.07) is 49.6. The Morgan fingerprint density at radius 1 is 0.462 bits per heavy atom. The Hall–Kier alpha value is -6.66. The topological polar surface area (TPSA) is 77.3 Å². The van der Waals surface area contributed by atoms with Crippen LogP contribution in [0, 0.1) is 0 Å². The molecule has 0 saturated carbocycles. The lowest BCUT2D eigenvalue weighted by Gasteiger charge is -2.10. The maximum Gasteiger partial charge on any atom is 0.343 e. The third-order valence-corrected chi connectivity index (χ3v) is 8.98. The molecule has 7 rings (SSSR count). The summed E-state index contributed by atoms with van der Waals surface area (Å²) in [6.07, 6.45) is 3.65. The van der Waals surface area contributed by atoms with Gasteiger partial charge in [-0.25, -0.2) is 9.59 Å². The lowest BCUT2D eigenvalue weighted by atomic mass is 10.00. The van der Waals surface area contributed by atoms with Crippen molar-refractivity contribution >= 4 is 45.9 Å². The second-order valence-electron chi connectivity index (χ2n) is 12.5. The first-order chi connectivity index (χ1) is 25.4. The number of esters is 2. The van der Waals surface area contributed by atoms with Crippen LogP contribution in [0.1, 0.15) is 68.9 Å². The van der Waals surface area contributed by atoms with E-state index in [2.05, 4.69) is 74.5 Å². The highest BCUT2D eigenvalue weighted by atomic mass is 16.5. The lowest BCUT2D eigenvalue weighted by Crippen LogP contribution is -2.11. The molecular formula is C46H36N2O4. The molecule has 0 aliphatic rings. The number of nitrogens with zero attached hydrogens (tertiary/aromatic N) is 2. The van der Waals surface area contributed by atoms with Gasteiger partial charge >= 0.3 is 11.9 Å². The highest BCUT2D eigenvalue weighted by molar-refractivity contribution is 5.95. The van der Waals surface area contributed by atoms with Crippen LogP contribution in [0.15, 0.2) is 168 Å². The van der Waals surface area contributed by atoms with Crippen molar-refractivity contribution in [2.24, 2.45) is 9.98 Å². The Morgan fingerprint density at radius 3 is 1.23 bits per heavy atom. The molecule has 0 N–H and O–H groups in total. The molecule has 0 spiro atoms. The zero-order valence-corrected chi connectivity index (χ0v) is 28.8. The Labute approximate surface area is 302 Å². The molecule has 6 heteroatoms. The van der Waals surface area contributed by atoms with Crippen molar-refractivity contribution in [3.8, 4) is 11.5 Å². The Kier molecular flexibility index (Phi) is 10.1. The summed E-state index contributed by atoms with van der Waals surface area (Å²) in [5.74, 6) is -0.246.